The van der Waals surface area contributed by atoms with Crippen LogP contribution in [-0.2, 0) is 6.54 Å². The zero-order valence-electron chi connectivity index (χ0n) is 18.1. The van der Waals surface area contributed by atoms with E-state index < -0.39 is 11.2 Å². The third-order valence-corrected chi connectivity index (χ3v) is 5.75. The summed E-state index contributed by atoms with van der Waals surface area (Å²) in [7, 11) is 1.42. The first-order valence-corrected chi connectivity index (χ1v) is 10.5. The number of nitrogens with zero attached hydrogens (tertiary/aromatic N) is 1. The Labute approximate surface area is 180 Å². The SMILES string of the molecule is CCCCC(CC)Cn1c(-c2ccc(O)c(OC)c2)c(O)c(=O)c2c(O)cc(O)cc21. The molecule has 0 saturated carbocycles. The number of hydrogen-bond donors (Lipinski definition) is 4. The van der Waals surface area contributed by atoms with Crippen LogP contribution in [0.4, 0.5) is 0 Å². The Balaban J connectivity index is 2.37. The molecule has 1 unspecified atom stereocenters. The highest BCUT2D eigenvalue weighted by molar-refractivity contribution is 5.91. The number of methoxy groups -OCH3 is 1. The smallest absolute Gasteiger partial charge is 0.235 e. The van der Waals surface area contributed by atoms with Crippen molar-refractivity contribution < 1.29 is 25.2 Å². The second kappa shape index (κ2) is 9.20. The number of rotatable bonds is 8. The van der Waals surface area contributed by atoms with Gasteiger partial charge < -0.3 is 29.7 Å². The molecule has 0 radical (unpaired) electrons. The minimum absolute atomic E-state index is 0.0462. The zero-order valence-corrected chi connectivity index (χ0v) is 18.1. The topological polar surface area (TPSA) is 112 Å². The summed E-state index contributed by atoms with van der Waals surface area (Å²) in [4.78, 5) is 13.0. The van der Waals surface area contributed by atoms with E-state index in [-0.39, 0.29) is 40.0 Å². The first-order chi connectivity index (χ1) is 14.8. The molecule has 0 aliphatic heterocycles. The van der Waals surface area contributed by atoms with Crippen molar-refractivity contribution in [2.24, 2.45) is 5.92 Å². The number of benzene rings is 2. The van der Waals surface area contributed by atoms with Gasteiger partial charge in [0.05, 0.1) is 23.7 Å². The predicted octanol–water partition coefficient (Wildman–Crippen LogP) is 4.72. The van der Waals surface area contributed by atoms with E-state index >= 15 is 0 Å². The van der Waals surface area contributed by atoms with Crippen LogP contribution in [0, 0.1) is 5.92 Å². The molecule has 3 aromatic rings. The number of aromatic hydroxyl groups is 4. The normalized spacial score (nSPS) is 12.2. The monoisotopic (exact) mass is 427 g/mol. The first kappa shape index (κ1) is 22.3. The van der Waals surface area contributed by atoms with E-state index in [0.29, 0.717) is 17.6 Å². The third kappa shape index (κ3) is 4.26. The maximum absolute atomic E-state index is 13.0. The Morgan fingerprint density at radius 2 is 1.77 bits per heavy atom. The fourth-order valence-corrected chi connectivity index (χ4v) is 4.00. The van der Waals surface area contributed by atoms with Crippen LogP contribution in [0.5, 0.6) is 28.7 Å². The Morgan fingerprint density at radius 1 is 1.03 bits per heavy atom. The lowest BCUT2D eigenvalue weighted by molar-refractivity contribution is 0.373. The van der Waals surface area contributed by atoms with Gasteiger partial charge in [-0.05, 0) is 30.5 Å². The second-order valence-corrected chi connectivity index (χ2v) is 7.80. The Morgan fingerprint density at radius 3 is 2.42 bits per heavy atom. The predicted molar refractivity (Wildman–Crippen MR) is 120 cm³/mol. The molecule has 1 atom stereocenters. The van der Waals surface area contributed by atoms with Gasteiger partial charge in [-0.1, -0.05) is 33.1 Å². The fraction of sp³-hybridized carbons (Fsp3) is 0.375. The highest BCUT2D eigenvalue weighted by Crippen LogP contribution is 2.39. The van der Waals surface area contributed by atoms with Crippen molar-refractivity contribution in [3.63, 3.8) is 0 Å². The summed E-state index contributed by atoms with van der Waals surface area (Å²) in [6.45, 7) is 4.68. The van der Waals surface area contributed by atoms with Crippen LogP contribution in [0.15, 0.2) is 35.1 Å². The van der Waals surface area contributed by atoms with E-state index in [1.807, 2.05) is 0 Å². The van der Waals surface area contributed by atoms with Gasteiger partial charge >= 0.3 is 0 Å². The standard InChI is InChI=1S/C24H29NO6/c1-4-6-7-14(5-2)13-25-17-11-16(26)12-19(28)21(17)23(29)24(30)22(25)15-8-9-18(27)20(10-15)31-3/h8-12,14,26-28,30H,4-7,13H2,1-3H3. The summed E-state index contributed by atoms with van der Waals surface area (Å²) in [6.07, 6.45) is 3.94. The quantitative estimate of drug-likeness (QED) is 0.414. The van der Waals surface area contributed by atoms with Crippen molar-refractivity contribution in [3.8, 4) is 40.0 Å². The minimum Gasteiger partial charge on any atom is -0.508 e. The van der Waals surface area contributed by atoms with Gasteiger partial charge in [-0.2, -0.15) is 0 Å². The number of phenolic OH excluding ortho intramolecular Hbond substituents is 3. The summed E-state index contributed by atoms with van der Waals surface area (Å²) in [5.74, 6) is -0.683. The lowest BCUT2D eigenvalue weighted by Crippen LogP contribution is -2.18. The van der Waals surface area contributed by atoms with Crippen LogP contribution in [0.25, 0.3) is 22.2 Å². The average Bonchev–Trinajstić information content (AvgIpc) is 2.74. The number of hydrogen-bond acceptors (Lipinski definition) is 6. The summed E-state index contributed by atoms with van der Waals surface area (Å²) in [5, 5.41) is 41.3. The van der Waals surface area contributed by atoms with Crippen molar-refractivity contribution in [1.82, 2.24) is 4.57 Å². The van der Waals surface area contributed by atoms with Crippen LogP contribution in [0.3, 0.4) is 0 Å². The second-order valence-electron chi connectivity index (χ2n) is 7.80. The van der Waals surface area contributed by atoms with Gasteiger partial charge in [0, 0.05) is 24.2 Å². The molecule has 3 rings (SSSR count). The molecule has 0 amide bonds. The van der Waals surface area contributed by atoms with Crippen LogP contribution in [0.2, 0.25) is 0 Å². The van der Waals surface area contributed by atoms with Crippen molar-refractivity contribution in [2.45, 2.75) is 46.1 Å². The van der Waals surface area contributed by atoms with Crippen LogP contribution in [-0.4, -0.2) is 32.1 Å². The van der Waals surface area contributed by atoms with Gasteiger partial charge in [-0.3, -0.25) is 4.79 Å². The Bertz CT molecular complexity index is 1150. The molecule has 1 aromatic heterocycles. The maximum Gasteiger partial charge on any atom is 0.235 e. The molecule has 0 spiro atoms. The molecule has 7 nitrogen and oxygen atoms in total. The molecule has 4 N–H and O–H groups in total. The number of fused-ring (bicyclic) bond motifs is 1. The average molecular weight is 427 g/mol. The van der Waals surface area contributed by atoms with Gasteiger partial charge in [0.25, 0.3) is 0 Å². The van der Waals surface area contributed by atoms with E-state index in [2.05, 4.69) is 13.8 Å². The minimum atomic E-state index is -0.729. The molecular weight excluding hydrogens is 398 g/mol. The van der Waals surface area contributed by atoms with Crippen molar-refractivity contribution in [3.05, 3.63) is 40.6 Å². The maximum atomic E-state index is 13.0. The Kier molecular flexibility index (Phi) is 6.63. The number of aromatic nitrogens is 1. The van der Waals surface area contributed by atoms with Crippen molar-refractivity contribution in [2.75, 3.05) is 7.11 Å². The molecule has 0 fully saturated rings. The number of ether oxygens (including phenoxy) is 1. The van der Waals surface area contributed by atoms with E-state index in [4.69, 9.17) is 4.74 Å². The molecule has 2 aromatic carbocycles. The first-order valence-electron chi connectivity index (χ1n) is 10.5. The Hall–Kier alpha value is -3.35. The zero-order chi connectivity index (χ0) is 22.7. The lowest BCUT2D eigenvalue weighted by atomic mass is 9.97. The molecule has 31 heavy (non-hydrogen) atoms. The van der Waals surface area contributed by atoms with Crippen LogP contribution >= 0.6 is 0 Å². The summed E-state index contributed by atoms with van der Waals surface area (Å²) in [6, 6.07) is 7.07. The molecule has 1 heterocycles. The summed E-state index contributed by atoms with van der Waals surface area (Å²) >= 11 is 0. The number of phenols is 3. The van der Waals surface area contributed by atoms with E-state index in [0.717, 1.165) is 31.7 Å². The molecule has 0 aliphatic rings. The number of unbranched alkanes of at least 4 members (excludes halogenated alkanes) is 1. The molecule has 0 bridgehead atoms. The highest BCUT2D eigenvalue weighted by Gasteiger charge is 2.23. The van der Waals surface area contributed by atoms with Gasteiger partial charge in [-0.25, -0.2) is 0 Å². The molecule has 0 aliphatic carbocycles. The van der Waals surface area contributed by atoms with Crippen LogP contribution in [0.1, 0.15) is 39.5 Å². The van der Waals surface area contributed by atoms with Gasteiger partial charge in [0.15, 0.2) is 17.2 Å². The van der Waals surface area contributed by atoms with Crippen molar-refractivity contribution in [1.29, 1.82) is 0 Å². The third-order valence-electron chi connectivity index (χ3n) is 5.75. The summed E-state index contributed by atoms with van der Waals surface area (Å²) < 4.78 is 6.96. The molecular formula is C24H29NO6. The molecule has 0 saturated heterocycles. The van der Waals surface area contributed by atoms with Crippen molar-refractivity contribution >= 4 is 10.9 Å². The summed E-state index contributed by atoms with van der Waals surface area (Å²) in [5.41, 5.74) is 0.319. The van der Waals surface area contributed by atoms with E-state index in [9.17, 15) is 25.2 Å². The molecule has 166 valence electrons. The van der Waals surface area contributed by atoms with E-state index in [1.54, 1.807) is 16.7 Å². The number of pyridine rings is 1. The van der Waals surface area contributed by atoms with Gasteiger partial charge in [0.1, 0.15) is 11.5 Å². The molecule has 7 heteroatoms. The fourth-order valence-electron chi connectivity index (χ4n) is 4.00. The largest absolute Gasteiger partial charge is 0.508 e. The van der Waals surface area contributed by atoms with Crippen LogP contribution < -0.4 is 10.2 Å². The highest BCUT2D eigenvalue weighted by atomic mass is 16.5. The lowest BCUT2D eigenvalue weighted by Gasteiger charge is -2.24. The van der Waals surface area contributed by atoms with Gasteiger partial charge in [0.2, 0.25) is 5.43 Å². The van der Waals surface area contributed by atoms with E-state index in [1.165, 1.54) is 19.2 Å². The van der Waals surface area contributed by atoms with Gasteiger partial charge in [-0.15, -0.1) is 0 Å².